The van der Waals surface area contributed by atoms with Crippen LogP contribution in [0.1, 0.15) is 25.7 Å². The first kappa shape index (κ1) is 8.95. The zero-order valence-electron chi connectivity index (χ0n) is 5.80. The Kier molecular flexibility index (Phi) is 4.19. The maximum absolute atomic E-state index is 2.36. The van der Waals surface area contributed by atoms with Gasteiger partial charge in [0.2, 0.25) is 0 Å². The Morgan fingerprint density at radius 2 is 1.30 bits per heavy atom. The van der Waals surface area contributed by atoms with Gasteiger partial charge < -0.3 is 0 Å². The molecule has 0 heterocycles. The summed E-state index contributed by atoms with van der Waals surface area (Å²) in [5, 5.41) is 0. The van der Waals surface area contributed by atoms with Gasteiger partial charge in [0.1, 0.15) is 0 Å². The van der Waals surface area contributed by atoms with Crippen molar-refractivity contribution < 1.29 is 38.7 Å². The Balaban J connectivity index is 2.81. The fourth-order valence-corrected chi connectivity index (χ4v) is 3.16. The summed E-state index contributed by atoms with van der Waals surface area (Å²) in [5.41, 5.74) is 3.27. The van der Waals surface area contributed by atoms with E-state index in [2.05, 4.69) is 8.80 Å². The van der Waals surface area contributed by atoms with Crippen molar-refractivity contribution in [1.29, 1.82) is 0 Å². The third-order valence-corrected chi connectivity index (χ3v) is 3.88. The van der Waals surface area contributed by atoms with Crippen LogP contribution in [-0.2, 0) is 38.7 Å². The Hall–Kier alpha value is 0.857. The maximum atomic E-state index is 2.36. The molecule has 0 fully saturated rings. The third kappa shape index (κ3) is 2.17. The number of allylic oxidation sites excluding steroid dienone is 2. The minimum atomic E-state index is 1.34. The van der Waals surface area contributed by atoms with Crippen LogP contribution in [0.2, 0.25) is 0 Å². The van der Waals surface area contributed by atoms with Crippen molar-refractivity contribution in [3.05, 3.63) is 11.1 Å². The van der Waals surface area contributed by atoms with E-state index in [-0.39, 0.29) is 0 Å². The van der Waals surface area contributed by atoms with Crippen molar-refractivity contribution in [1.82, 2.24) is 0 Å². The van der Waals surface area contributed by atoms with Gasteiger partial charge in [-0.05, 0) is 0 Å². The third-order valence-electron chi connectivity index (χ3n) is 1.84. The van der Waals surface area contributed by atoms with E-state index in [1.165, 1.54) is 25.7 Å². The summed E-state index contributed by atoms with van der Waals surface area (Å²) in [6.07, 6.45) is 5.49. The summed E-state index contributed by atoms with van der Waals surface area (Å²) in [6, 6.07) is 0. The van der Waals surface area contributed by atoms with E-state index in [4.69, 9.17) is 0 Å². The Labute approximate surface area is 83.9 Å². The molecule has 0 amide bonds. The van der Waals surface area contributed by atoms with Crippen LogP contribution in [0, 0.1) is 0 Å². The number of rotatable bonds is 2. The Morgan fingerprint density at radius 1 is 0.900 bits per heavy atom. The standard InChI is InChI=1S/C8H10.2W/c1-7-5-3-4-6-8(7)2;;/h1-2H,3-6H2;;. The first-order chi connectivity index (χ1) is 4.88. The molecule has 0 unspecified atom stereocenters. The molecule has 0 spiro atoms. The summed E-state index contributed by atoms with van der Waals surface area (Å²) in [7, 11) is 0. The van der Waals surface area contributed by atoms with E-state index in [1.54, 1.807) is 49.9 Å². The van der Waals surface area contributed by atoms with Crippen LogP contribution in [0.3, 0.4) is 0 Å². The number of hydrogen-bond acceptors (Lipinski definition) is 0. The van der Waals surface area contributed by atoms with Gasteiger partial charge in [0.15, 0.2) is 0 Å². The van der Waals surface area contributed by atoms with Crippen molar-refractivity contribution >= 4 is 8.80 Å². The molecule has 1 aliphatic carbocycles. The summed E-state index contributed by atoms with van der Waals surface area (Å²) < 4.78 is 4.71. The molecule has 0 aromatic rings. The minimum absolute atomic E-state index is 1.34. The fraction of sp³-hybridized carbons (Fsp3) is 0.500. The Bertz CT molecular complexity index is 160. The summed E-state index contributed by atoms with van der Waals surface area (Å²) in [6.45, 7) is 0. The molecule has 0 aromatic carbocycles. The van der Waals surface area contributed by atoms with Crippen molar-refractivity contribution in [2.75, 3.05) is 0 Å². The van der Waals surface area contributed by atoms with Crippen LogP contribution in [-0.4, -0.2) is 8.80 Å². The second kappa shape index (κ2) is 4.68. The van der Waals surface area contributed by atoms with Gasteiger partial charge in [-0.1, -0.05) is 0 Å². The molecular weight excluding hydrogens is 464 g/mol. The zero-order valence-corrected chi connectivity index (χ0v) is 11.7. The van der Waals surface area contributed by atoms with Crippen LogP contribution in [0.5, 0.6) is 0 Å². The normalized spacial score (nSPS) is 18.8. The summed E-state index contributed by atoms with van der Waals surface area (Å²) >= 11 is 3.20. The molecule has 54 valence electrons. The van der Waals surface area contributed by atoms with Gasteiger partial charge in [0.25, 0.3) is 0 Å². The van der Waals surface area contributed by atoms with Gasteiger partial charge >= 0.3 is 84.3 Å². The molecule has 0 N–H and O–H groups in total. The van der Waals surface area contributed by atoms with Gasteiger partial charge in [-0.3, -0.25) is 0 Å². The monoisotopic (exact) mass is 474 g/mol. The van der Waals surface area contributed by atoms with E-state index in [1.807, 2.05) is 0 Å². The first-order valence-electron chi connectivity index (χ1n) is 3.51. The van der Waals surface area contributed by atoms with E-state index >= 15 is 0 Å². The van der Waals surface area contributed by atoms with E-state index in [9.17, 15) is 0 Å². The van der Waals surface area contributed by atoms with E-state index in [0.717, 1.165) is 0 Å². The van der Waals surface area contributed by atoms with E-state index in [0.29, 0.717) is 0 Å². The predicted octanol–water partition coefficient (Wildman–Crippen LogP) is 1.55. The van der Waals surface area contributed by atoms with Gasteiger partial charge in [-0.25, -0.2) is 0 Å². The van der Waals surface area contributed by atoms with Crippen LogP contribution in [0.4, 0.5) is 0 Å². The molecule has 0 aromatic heterocycles. The summed E-state index contributed by atoms with van der Waals surface area (Å²) in [5.74, 6) is 0. The van der Waals surface area contributed by atoms with Crippen LogP contribution in [0.25, 0.3) is 0 Å². The van der Waals surface area contributed by atoms with Gasteiger partial charge in [-0.2, -0.15) is 0 Å². The predicted molar refractivity (Wildman–Crippen MR) is 37.6 cm³/mol. The van der Waals surface area contributed by atoms with Gasteiger partial charge in [0, 0.05) is 0 Å². The van der Waals surface area contributed by atoms with Crippen molar-refractivity contribution in [3.8, 4) is 0 Å². The second-order valence-corrected chi connectivity index (χ2v) is 4.19. The molecule has 0 bridgehead atoms. The van der Waals surface area contributed by atoms with Gasteiger partial charge in [-0.15, -0.1) is 0 Å². The second-order valence-electron chi connectivity index (χ2n) is 2.49. The number of hydrogen-bond donors (Lipinski definition) is 0. The molecule has 0 nitrogen and oxygen atoms in total. The topological polar surface area (TPSA) is 0 Å². The molecule has 10 heavy (non-hydrogen) atoms. The molecule has 0 atom stereocenters. The van der Waals surface area contributed by atoms with Gasteiger partial charge in [0.05, 0.1) is 0 Å². The first-order valence-corrected chi connectivity index (χ1v) is 6.89. The van der Waals surface area contributed by atoms with Crippen LogP contribution >= 0.6 is 0 Å². The van der Waals surface area contributed by atoms with Crippen molar-refractivity contribution in [2.24, 2.45) is 0 Å². The van der Waals surface area contributed by atoms with Crippen LogP contribution in [0.15, 0.2) is 11.1 Å². The van der Waals surface area contributed by atoms with Crippen molar-refractivity contribution in [2.45, 2.75) is 25.7 Å². The molecule has 0 saturated heterocycles. The summed E-state index contributed by atoms with van der Waals surface area (Å²) in [4.78, 5) is 0. The molecule has 0 aliphatic heterocycles. The Morgan fingerprint density at radius 3 is 1.60 bits per heavy atom. The molecular formula is C8H10W2. The average Bonchev–Trinajstić information content (AvgIpc) is 2.04. The van der Waals surface area contributed by atoms with Crippen molar-refractivity contribution in [3.63, 3.8) is 0 Å². The van der Waals surface area contributed by atoms with E-state index < -0.39 is 0 Å². The molecule has 0 radical (unpaired) electrons. The average molecular weight is 474 g/mol. The quantitative estimate of drug-likeness (QED) is 0.571. The zero-order chi connectivity index (χ0) is 7.40. The molecule has 1 rings (SSSR count). The SMILES string of the molecule is [W]=[CH]C1=C([CH]=[W])CCCC1. The molecule has 0 saturated carbocycles. The molecule has 1 aliphatic rings. The molecule has 2 heteroatoms. The fourth-order valence-electron chi connectivity index (χ4n) is 1.22. The van der Waals surface area contributed by atoms with Crippen LogP contribution < -0.4 is 0 Å².